The summed E-state index contributed by atoms with van der Waals surface area (Å²) in [5.74, 6) is 2.19. The van der Waals surface area contributed by atoms with Crippen LogP contribution >= 0.6 is 0 Å². The van der Waals surface area contributed by atoms with E-state index in [0.717, 1.165) is 24.3 Å². The molecule has 1 N–H and O–H groups in total. The van der Waals surface area contributed by atoms with Gasteiger partial charge in [-0.1, -0.05) is 6.07 Å². The van der Waals surface area contributed by atoms with Gasteiger partial charge in [0, 0.05) is 12.1 Å². The van der Waals surface area contributed by atoms with E-state index in [1.165, 1.54) is 50.7 Å². The van der Waals surface area contributed by atoms with Gasteiger partial charge in [-0.2, -0.15) is 0 Å². The van der Waals surface area contributed by atoms with E-state index in [2.05, 4.69) is 5.32 Å². The maximum Gasteiger partial charge on any atom is 0.251 e. The number of nitrogens with one attached hydrogen (secondary N) is 1. The first kappa shape index (κ1) is 13.3. The summed E-state index contributed by atoms with van der Waals surface area (Å²) in [6.45, 7) is 0.770. The van der Waals surface area contributed by atoms with Crippen molar-refractivity contribution in [3.05, 3.63) is 35.6 Å². The van der Waals surface area contributed by atoms with Crippen LogP contribution < -0.4 is 5.32 Å². The molecule has 1 aromatic carbocycles. The van der Waals surface area contributed by atoms with Crippen LogP contribution in [0.5, 0.6) is 0 Å². The van der Waals surface area contributed by atoms with E-state index in [0.29, 0.717) is 11.0 Å². The molecule has 0 heterocycles. The van der Waals surface area contributed by atoms with Gasteiger partial charge in [0.15, 0.2) is 0 Å². The summed E-state index contributed by atoms with van der Waals surface area (Å²) in [6, 6.07) is 5.96. The Hall–Kier alpha value is -1.38. The third kappa shape index (κ3) is 2.47. The number of hydrogen-bond donors (Lipinski definition) is 1. The largest absolute Gasteiger partial charge is 0.351 e. The zero-order chi connectivity index (χ0) is 14.4. The van der Waals surface area contributed by atoms with Gasteiger partial charge in [0.25, 0.3) is 5.91 Å². The first-order valence-electron chi connectivity index (χ1n) is 8.16. The highest BCUT2D eigenvalue weighted by molar-refractivity contribution is 5.94. The molecule has 4 aliphatic carbocycles. The van der Waals surface area contributed by atoms with Crippen LogP contribution in [-0.2, 0) is 0 Å². The molecule has 0 atom stereocenters. The van der Waals surface area contributed by atoms with Crippen LogP contribution in [0.4, 0.5) is 4.39 Å². The minimum atomic E-state index is -0.350. The third-order valence-corrected chi connectivity index (χ3v) is 5.88. The second-order valence-electron chi connectivity index (χ2n) is 7.61. The van der Waals surface area contributed by atoms with E-state index in [-0.39, 0.29) is 11.7 Å². The van der Waals surface area contributed by atoms with Crippen molar-refractivity contribution in [1.82, 2.24) is 5.32 Å². The summed E-state index contributed by atoms with van der Waals surface area (Å²) in [4.78, 5) is 12.2. The normalized spacial score (nSPS) is 36.7. The summed E-state index contributed by atoms with van der Waals surface area (Å²) in [6.07, 6.45) is 8.08. The standard InChI is InChI=1S/C18H22FNO/c19-16-3-1-2-15(7-16)17(21)20-11-18-8-12-4-13(9-18)6-14(5-12)10-18/h1-3,7,12-14H,4-6,8-11H2,(H,20,21). The highest BCUT2D eigenvalue weighted by atomic mass is 19.1. The number of rotatable bonds is 3. The molecule has 1 amide bonds. The summed E-state index contributed by atoms with van der Waals surface area (Å²) in [5.41, 5.74) is 0.761. The molecule has 112 valence electrons. The fourth-order valence-corrected chi connectivity index (χ4v) is 5.51. The molecule has 0 spiro atoms. The minimum Gasteiger partial charge on any atom is -0.351 e. The van der Waals surface area contributed by atoms with E-state index >= 15 is 0 Å². The molecule has 21 heavy (non-hydrogen) atoms. The van der Waals surface area contributed by atoms with Gasteiger partial charge in [0.2, 0.25) is 0 Å². The maximum absolute atomic E-state index is 13.2. The third-order valence-electron chi connectivity index (χ3n) is 5.88. The van der Waals surface area contributed by atoms with E-state index < -0.39 is 0 Å². The summed E-state index contributed by atoms with van der Waals surface area (Å²) in [5, 5.41) is 3.08. The highest BCUT2D eigenvalue weighted by Crippen LogP contribution is 2.59. The van der Waals surface area contributed by atoms with Crippen molar-refractivity contribution < 1.29 is 9.18 Å². The lowest BCUT2D eigenvalue weighted by molar-refractivity contribution is -0.0503. The number of hydrogen-bond acceptors (Lipinski definition) is 1. The molecular weight excluding hydrogens is 265 g/mol. The average Bonchev–Trinajstić information content (AvgIpc) is 2.43. The summed E-state index contributed by atoms with van der Waals surface area (Å²) >= 11 is 0. The second-order valence-corrected chi connectivity index (χ2v) is 7.61. The molecule has 0 aliphatic heterocycles. The van der Waals surface area contributed by atoms with Crippen molar-refractivity contribution in [2.24, 2.45) is 23.2 Å². The predicted octanol–water partition coefficient (Wildman–Crippen LogP) is 3.77. The topological polar surface area (TPSA) is 29.1 Å². The fourth-order valence-electron chi connectivity index (χ4n) is 5.51. The molecule has 0 saturated heterocycles. The lowest BCUT2D eigenvalue weighted by Crippen LogP contribution is -2.51. The number of amides is 1. The molecule has 2 nitrogen and oxygen atoms in total. The quantitative estimate of drug-likeness (QED) is 0.901. The van der Waals surface area contributed by atoms with Gasteiger partial charge in [-0.15, -0.1) is 0 Å². The molecule has 0 unspecified atom stereocenters. The van der Waals surface area contributed by atoms with Gasteiger partial charge in [0.1, 0.15) is 5.82 Å². The van der Waals surface area contributed by atoms with Gasteiger partial charge in [-0.05, 0) is 79.9 Å². The van der Waals surface area contributed by atoms with Crippen LogP contribution in [0.25, 0.3) is 0 Å². The van der Waals surface area contributed by atoms with Crippen molar-refractivity contribution in [2.45, 2.75) is 38.5 Å². The second kappa shape index (κ2) is 4.82. The van der Waals surface area contributed by atoms with Crippen LogP contribution in [-0.4, -0.2) is 12.5 Å². The van der Waals surface area contributed by atoms with Gasteiger partial charge >= 0.3 is 0 Å². The molecular formula is C18H22FNO. The first-order chi connectivity index (χ1) is 10.1. The van der Waals surface area contributed by atoms with E-state index in [4.69, 9.17) is 0 Å². The summed E-state index contributed by atoms with van der Waals surface area (Å²) in [7, 11) is 0. The van der Waals surface area contributed by atoms with Crippen molar-refractivity contribution in [3.63, 3.8) is 0 Å². The SMILES string of the molecule is O=C(NCC12CC3CC(CC(C3)C1)C2)c1cccc(F)c1. The molecule has 0 aromatic heterocycles. The Labute approximate surface area is 125 Å². The average molecular weight is 287 g/mol. The number of halogens is 1. The molecule has 4 saturated carbocycles. The Morgan fingerprint density at radius 1 is 1.14 bits per heavy atom. The van der Waals surface area contributed by atoms with E-state index in [1.807, 2.05) is 0 Å². The smallest absolute Gasteiger partial charge is 0.251 e. The number of carbonyl (C=O) groups excluding carboxylic acids is 1. The molecule has 5 rings (SSSR count). The van der Waals surface area contributed by atoms with Crippen molar-refractivity contribution in [2.75, 3.05) is 6.54 Å². The summed E-state index contributed by atoms with van der Waals surface area (Å²) < 4.78 is 13.2. The van der Waals surface area contributed by atoms with Crippen LogP contribution in [0.15, 0.2) is 24.3 Å². The van der Waals surface area contributed by atoms with Gasteiger partial charge in [-0.3, -0.25) is 4.79 Å². The van der Waals surface area contributed by atoms with Gasteiger partial charge in [0.05, 0.1) is 0 Å². The van der Waals surface area contributed by atoms with Crippen LogP contribution in [0.3, 0.4) is 0 Å². The van der Waals surface area contributed by atoms with E-state index in [9.17, 15) is 9.18 Å². The van der Waals surface area contributed by atoms with Gasteiger partial charge < -0.3 is 5.32 Å². The lowest BCUT2D eigenvalue weighted by Gasteiger charge is -2.56. The molecule has 1 aromatic rings. The number of benzene rings is 1. The zero-order valence-corrected chi connectivity index (χ0v) is 12.3. The Kier molecular flexibility index (Phi) is 3.05. The maximum atomic E-state index is 13.2. The van der Waals surface area contributed by atoms with Crippen molar-refractivity contribution in [1.29, 1.82) is 0 Å². The molecule has 4 bridgehead atoms. The molecule has 0 radical (unpaired) electrons. The Morgan fingerprint density at radius 3 is 2.33 bits per heavy atom. The Morgan fingerprint density at radius 2 is 1.76 bits per heavy atom. The molecule has 3 heteroatoms. The minimum absolute atomic E-state index is 0.134. The fraction of sp³-hybridized carbons (Fsp3) is 0.611. The Balaban J connectivity index is 1.44. The van der Waals surface area contributed by atoms with Crippen molar-refractivity contribution >= 4 is 5.91 Å². The molecule has 4 fully saturated rings. The highest BCUT2D eigenvalue weighted by Gasteiger charge is 2.50. The monoisotopic (exact) mass is 287 g/mol. The first-order valence-corrected chi connectivity index (χ1v) is 8.16. The predicted molar refractivity (Wildman–Crippen MR) is 79.3 cm³/mol. The Bertz CT molecular complexity index is 533. The van der Waals surface area contributed by atoms with Crippen LogP contribution in [0.1, 0.15) is 48.9 Å². The lowest BCUT2D eigenvalue weighted by atomic mass is 9.49. The molecule has 4 aliphatic rings. The number of carbonyl (C=O) groups is 1. The van der Waals surface area contributed by atoms with Crippen LogP contribution in [0, 0.1) is 29.0 Å². The van der Waals surface area contributed by atoms with Crippen molar-refractivity contribution in [3.8, 4) is 0 Å². The van der Waals surface area contributed by atoms with Crippen LogP contribution in [0.2, 0.25) is 0 Å². The zero-order valence-electron chi connectivity index (χ0n) is 12.3. The van der Waals surface area contributed by atoms with Gasteiger partial charge in [-0.25, -0.2) is 4.39 Å². The van der Waals surface area contributed by atoms with E-state index in [1.54, 1.807) is 12.1 Å².